The van der Waals surface area contributed by atoms with E-state index in [9.17, 15) is 8.42 Å². The van der Waals surface area contributed by atoms with E-state index >= 15 is 0 Å². The fraction of sp³-hybridized carbons (Fsp3) is 0.500. The molecule has 0 heterocycles. The summed E-state index contributed by atoms with van der Waals surface area (Å²) in [7, 11) is -3.52. The molecular formula is C12H16Br3NO2S. The maximum Gasteiger partial charge on any atom is 0.241 e. The molecule has 0 radical (unpaired) electrons. The molecule has 0 aliphatic rings. The average molecular weight is 478 g/mol. The van der Waals surface area contributed by atoms with E-state index in [0.29, 0.717) is 16.9 Å². The average Bonchev–Trinajstić information content (AvgIpc) is 2.30. The van der Waals surface area contributed by atoms with E-state index in [-0.39, 0.29) is 9.72 Å². The summed E-state index contributed by atoms with van der Waals surface area (Å²) < 4.78 is 28.5. The molecule has 0 aliphatic heterocycles. The van der Waals surface area contributed by atoms with E-state index in [2.05, 4.69) is 52.5 Å². The van der Waals surface area contributed by atoms with Gasteiger partial charge < -0.3 is 0 Å². The van der Waals surface area contributed by atoms with Gasteiger partial charge in [0.15, 0.2) is 0 Å². The molecule has 0 amide bonds. The van der Waals surface area contributed by atoms with E-state index in [1.54, 1.807) is 12.1 Å². The van der Waals surface area contributed by atoms with Crippen molar-refractivity contribution in [1.82, 2.24) is 4.72 Å². The molecular weight excluding hydrogens is 462 g/mol. The van der Waals surface area contributed by atoms with Crippen molar-refractivity contribution >= 4 is 57.8 Å². The van der Waals surface area contributed by atoms with Crippen LogP contribution < -0.4 is 4.72 Å². The van der Waals surface area contributed by atoms with Crippen LogP contribution in [0.3, 0.4) is 0 Å². The van der Waals surface area contributed by atoms with E-state index < -0.39 is 10.0 Å². The fourth-order valence-electron chi connectivity index (χ4n) is 1.34. The maximum atomic E-state index is 12.3. The molecule has 0 aliphatic carbocycles. The van der Waals surface area contributed by atoms with Crippen LogP contribution in [0.5, 0.6) is 0 Å². The van der Waals surface area contributed by atoms with Crippen molar-refractivity contribution in [3.63, 3.8) is 0 Å². The molecule has 0 fully saturated rings. The Morgan fingerprint density at radius 1 is 1.21 bits per heavy atom. The molecule has 108 valence electrons. The van der Waals surface area contributed by atoms with Crippen molar-refractivity contribution in [3.05, 3.63) is 26.6 Å². The molecule has 0 saturated carbocycles. The Hall–Kier alpha value is 0.570. The number of aryl methyl sites for hydroxylation is 1. The Labute approximate surface area is 140 Å². The highest BCUT2D eigenvalue weighted by Gasteiger charge is 2.20. The number of alkyl halides is 1. The molecule has 1 aromatic rings. The van der Waals surface area contributed by atoms with Gasteiger partial charge in [-0.1, -0.05) is 45.7 Å². The Morgan fingerprint density at radius 2 is 1.79 bits per heavy atom. The highest BCUT2D eigenvalue weighted by Crippen LogP contribution is 2.28. The fourth-order valence-corrected chi connectivity index (χ4v) is 4.45. The topological polar surface area (TPSA) is 46.2 Å². The third-order valence-corrected chi connectivity index (χ3v) is 7.31. The molecule has 0 saturated heterocycles. The molecule has 1 rings (SSSR count). The second kappa shape index (κ2) is 7.02. The maximum absolute atomic E-state index is 12.3. The summed E-state index contributed by atoms with van der Waals surface area (Å²) in [5.41, 5.74) is 0.978. The molecule has 0 bridgehead atoms. The van der Waals surface area contributed by atoms with Crippen LogP contribution >= 0.6 is 47.8 Å². The third kappa shape index (κ3) is 4.81. The van der Waals surface area contributed by atoms with E-state index in [1.165, 1.54) is 0 Å². The molecule has 1 N–H and O–H groups in total. The van der Waals surface area contributed by atoms with E-state index in [1.807, 2.05) is 20.8 Å². The van der Waals surface area contributed by atoms with Crippen LogP contribution in [0.1, 0.15) is 19.4 Å². The van der Waals surface area contributed by atoms with Gasteiger partial charge in [0.05, 0.1) is 4.90 Å². The molecule has 0 aromatic heterocycles. The Kier molecular flexibility index (Phi) is 6.51. The summed E-state index contributed by atoms with van der Waals surface area (Å²) in [4.78, 5) is 0.350. The third-order valence-electron chi connectivity index (χ3n) is 2.69. The smallest absolute Gasteiger partial charge is 0.210 e. The van der Waals surface area contributed by atoms with Gasteiger partial charge in [0.2, 0.25) is 10.0 Å². The zero-order valence-electron chi connectivity index (χ0n) is 10.9. The van der Waals surface area contributed by atoms with Gasteiger partial charge in [-0.2, -0.15) is 0 Å². The Morgan fingerprint density at radius 3 is 2.32 bits per heavy atom. The number of halogens is 3. The largest absolute Gasteiger partial charge is 0.241 e. The van der Waals surface area contributed by atoms with Crippen LogP contribution in [-0.4, -0.2) is 19.8 Å². The summed E-state index contributed by atoms with van der Waals surface area (Å²) in [6.07, 6.45) is 0. The molecule has 0 spiro atoms. The second-order valence-corrected chi connectivity index (χ2v) is 9.26. The zero-order chi connectivity index (χ0) is 14.8. The summed E-state index contributed by atoms with van der Waals surface area (Å²) in [6.45, 7) is 6.34. The number of sulfonamides is 1. The number of hydrogen-bond donors (Lipinski definition) is 1. The first kappa shape index (κ1) is 17.6. The molecule has 1 unspecified atom stereocenters. The summed E-state index contributed by atoms with van der Waals surface area (Å²) in [6, 6.07) is 3.40. The Balaban J connectivity index is 2.98. The first-order valence-corrected chi connectivity index (χ1v) is 9.73. The summed E-state index contributed by atoms with van der Waals surface area (Å²) >= 11 is 10.1. The van der Waals surface area contributed by atoms with Crippen LogP contribution in [0, 0.1) is 12.8 Å². The molecule has 19 heavy (non-hydrogen) atoms. The SMILES string of the molecule is Cc1cc(Br)c(S(=O)(=O)NCC(Br)C(C)C)cc1Br. The van der Waals surface area contributed by atoms with Crippen LogP contribution in [0.25, 0.3) is 0 Å². The number of hydrogen-bond acceptors (Lipinski definition) is 2. The van der Waals surface area contributed by atoms with Gasteiger partial charge in [-0.25, -0.2) is 13.1 Å². The number of nitrogens with one attached hydrogen (secondary N) is 1. The van der Waals surface area contributed by atoms with Gasteiger partial charge in [0.25, 0.3) is 0 Å². The first-order valence-electron chi connectivity index (χ1n) is 5.74. The van der Waals surface area contributed by atoms with E-state index in [4.69, 9.17) is 0 Å². The van der Waals surface area contributed by atoms with Crippen molar-refractivity contribution in [2.24, 2.45) is 5.92 Å². The van der Waals surface area contributed by atoms with Crippen LogP contribution in [0.4, 0.5) is 0 Å². The highest BCUT2D eigenvalue weighted by atomic mass is 79.9. The van der Waals surface area contributed by atoms with Crippen molar-refractivity contribution < 1.29 is 8.42 Å². The minimum Gasteiger partial charge on any atom is -0.210 e. The normalized spacial score (nSPS) is 13.8. The number of rotatable bonds is 5. The van der Waals surface area contributed by atoms with Gasteiger partial charge in [0, 0.05) is 20.3 Å². The summed E-state index contributed by atoms with van der Waals surface area (Å²) in [5.74, 6) is 0.357. The minimum atomic E-state index is -3.52. The van der Waals surface area contributed by atoms with Crippen LogP contribution in [0.2, 0.25) is 0 Å². The van der Waals surface area contributed by atoms with Crippen molar-refractivity contribution in [2.75, 3.05) is 6.54 Å². The van der Waals surface area contributed by atoms with Crippen molar-refractivity contribution in [3.8, 4) is 0 Å². The quantitative estimate of drug-likeness (QED) is 0.645. The lowest BCUT2D eigenvalue weighted by atomic mass is 10.1. The lowest BCUT2D eigenvalue weighted by Crippen LogP contribution is -2.32. The molecule has 1 atom stereocenters. The van der Waals surface area contributed by atoms with Gasteiger partial charge >= 0.3 is 0 Å². The molecule has 3 nitrogen and oxygen atoms in total. The zero-order valence-corrected chi connectivity index (χ0v) is 16.4. The van der Waals surface area contributed by atoms with Gasteiger partial charge in [0.1, 0.15) is 0 Å². The van der Waals surface area contributed by atoms with Gasteiger partial charge in [-0.15, -0.1) is 0 Å². The van der Waals surface area contributed by atoms with Crippen molar-refractivity contribution in [1.29, 1.82) is 0 Å². The predicted molar refractivity (Wildman–Crippen MR) is 89.3 cm³/mol. The molecule has 7 heteroatoms. The van der Waals surface area contributed by atoms with Gasteiger partial charge in [-0.3, -0.25) is 0 Å². The summed E-state index contributed by atoms with van der Waals surface area (Å²) in [5, 5.41) is 0. The number of benzene rings is 1. The predicted octanol–water partition coefficient (Wildman–Crippen LogP) is 4.22. The van der Waals surface area contributed by atoms with Gasteiger partial charge in [-0.05, 0) is 46.5 Å². The van der Waals surface area contributed by atoms with E-state index in [0.717, 1.165) is 10.0 Å². The second-order valence-electron chi connectivity index (χ2n) is 4.64. The van der Waals surface area contributed by atoms with Crippen LogP contribution in [0.15, 0.2) is 26.0 Å². The lowest BCUT2D eigenvalue weighted by molar-refractivity contribution is 0.562. The monoisotopic (exact) mass is 475 g/mol. The highest BCUT2D eigenvalue weighted by molar-refractivity contribution is 9.11. The standard InChI is InChI=1S/C12H16Br3NO2S/c1-7(2)11(15)6-16-19(17,18)12-5-9(13)8(3)4-10(12)14/h4-5,7,11,16H,6H2,1-3H3. The first-order chi connectivity index (χ1) is 8.65. The van der Waals surface area contributed by atoms with Crippen molar-refractivity contribution in [2.45, 2.75) is 30.5 Å². The molecule has 1 aromatic carbocycles. The minimum absolute atomic E-state index is 0.106. The van der Waals surface area contributed by atoms with Crippen LogP contribution in [-0.2, 0) is 10.0 Å². The lowest BCUT2D eigenvalue weighted by Gasteiger charge is -2.15. The Bertz CT molecular complexity index is 558.